The van der Waals surface area contributed by atoms with E-state index in [1.807, 2.05) is 36.5 Å². The number of pyridine rings is 1. The number of hydrogen-bond acceptors (Lipinski definition) is 2. The number of aromatic nitrogens is 1. The first-order valence-electron chi connectivity index (χ1n) is 5.15. The molecule has 82 valence electrons. The number of nitrogens with zero attached hydrogens (tertiary/aromatic N) is 1. The number of nitrogens with two attached hydrogens (primary N) is 1. The fraction of sp³-hybridized carbons (Fsp3) is 0.154. The van der Waals surface area contributed by atoms with E-state index >= 15 is 0 Å². The molecule has 0 saturated carbocycles. The highest BCUT2D eigenvalue weighted by atomic mass is 79.9. The van der Waals surface area contributed by atoms with Crippen molar-refractivity contribution in [3.8, 4) is 0 Å². The van der Waals surface area contributed by atoms with E-state index in [2.05, 4.69) is 27.0 Å². The van der Waals surface area contributed by atoms with Gasteiger partial charge in [-0.15, -0.1) is 0 Å². The predicted molar refractivity (Wildman–Crippen MR) is 69.0 cm³/mol. The zero-order valence-electron chi connectivity index (χ0n) is 8.81. The molecule has 2 N–H and O–H groups in total. The molecule has 0 aliphatic heterocycles. The summed E-state index contributed by atoms with van der Waals surface area (Å²) in [5, 5.41) is 0. The fourth-order valence-electron chi connectivity index (χ4n) is 1.63. The van der Waals surface area contributed by atoms with Crippen molar-refractivity contribution in [3.63, 3.8) is 0 Å². The molecule has 3 heteroatoms. The average Bonchev–Trinajstić information content (AvgIpc) is 2.30. The Labute approximate surface area is 104 Å². The molecule has 1 aromatic carbocycles. The van der Waals surface area contributed by atoms with Crippen molar-refractivity contribution in [2.45, 2.75) is 12.5 Å². The van der Waals surface area contributed by atoms with Crippen molar-refractivity contribution in [1.82, 2.24) is 4.98 Å². The van der Waals surface area contributed by atoms with E-state index in [1.54, 1.807) is 6.20 Å². The van der Waals surface area contributed by atoms with Crippen LogP contribution in [0.1, 0.15) is 17.2 Å². The van der Waals surface area contributed by atoms with Crippen LogP contribution >= 0.6 is 15.9 Å². The second kappa shape index (κ2) is 5.23. The van der Waals surface area contributed by atoms with Gasteiger partial charge < -0.3 is 5.73 Å². The summed E-state index contributed by atoms with van der Waals surface area (Å²) in [4.78, 5) is 4.08. The lowest BCUT2D eigenvalue weighted by molar-refractivity contribution is 0.719. The van der Waals surface area contributed by atoms with E-state index < -0.39 is 0 Å². The molecule has 0 bridgehead atoms. The van der Waals surface area contributed by atoms with Crippen LogP contribution in [0.5, 0.6) is 0 Å². The van der Waals surface area contributed by atoms with Crippen LogP contribution in [-0.4, -0.2) is 4.98 Å². The lowest BCUT2D eigenvalue weighted by Crippen LogP contribution is -2.13. The summed E-state index contributed by atoms with van der Waals surface area (Å²) in [6, 6.07) is 12.1. The maximum atomic E-state index is 6.15. The first kappa shape index (κ1) is 11.3. The summed E-state index contributed by atoms with van der Waals surface area (Å²) in [7, 11) is 0. The van der Waals surface area contributed by atoms with Crippen molar-refractivity contribution in [2.75, 3.05) is 0 Å². The Balaban J connectivity index is 2.12. The van der Waals surface area contributed by atoms with Crippen LogP contribution in [0.15, 0.2) is 53.3 Å². The maximum absolute atomic E-state index is 6.15. The lowest BCUT2D eigenvalue weighted by atomic mass is 10.0. The van der Waals surface area contributed by atoms with Gasteiger partial charge in [-0.2, -0.15) is 0 Å². The van der Waals surface area contributed by atoms with Crippen LogP contribution in [0.2, 0.25) is 0 Å². The molecule has 1 aromatic heterocycles. The molecule has 1 atom stereocenters. The minimum atomic E-state index is 0.0155. The van der Waals surface area contributed by atoms with Gasteiger partial charge >= 0.3 is 0 Å². The molecular formula is C13H13BrN2. The van der Waals surface area contributed by atoms with Gasteiger partial charge in [-0.25, -0.2) is 0 Å². The minimum Gasteiger partial charge on any atom is -0.324 e. The van der Waals surface area contributed by atoms with Crippen molar-refractivity contribution < 1.29 is 0 Å². The third kappa shape index (κ3) is 2.90. The first-order chi connectivity index (χ1) is 7.75. The van der Waals surface area contributed by atoms with Crippen LogP contribution in [0.3, 0.4) is 0 Å². The number of halogens is 1. The fourth-order valence-corrected chi connectivity index (χ4v) is 2.04. The van der Waals surface area contributed by atoms with Crippen molar-refractivity contribution >= 4 is 15.9 Å². The Morgan fingerprint density at radius 2 is 2.12 bits per heavy atom. The van der Waals surface area contributed by atoms with E-state index in [0.717, 1.165) is 22.0 Å². The van der Waals surface area contributed by atoms with Gasteiger partial charge in [0.05, 0.1) is 0 Å². The van der Waals surface area contributed by atoms with Gasteiger partial charge in [0.2, 0.25) is 0 Å². The topological polar surface area (TPSA) is 38.9 Å². The molecule has 0 saturated heterocycles. The Kier molecular flexibility index (Phi) is 3.70. The van der Waals surface area contributed by atoms with Gasteiger partial charge in [0.25, 0.3) is 0 Å². The van der Waals surface area contributed by atoms with Crippen LogP contribution in [0, 0.1) is 0 Å². The molecule has 0 aliphatic carbocycles. The molecule has 2 rings (SSSR count). The van der Waals surface area contributed by atoms with E-state index in [1.165, 1.54) is 0 Å². The predicted octanol–water partition coefficient (Wildman–Crippen LogP) is 3.09. The molecule has 0 aliphatic rings. The maximum Gasteiger partial charge on any atom is 0.0336 e. The number of rotatable bonds is 3. The van der Waals surface area contributed by atoms with Crippen molar-refractivity contribution in [1.29, 1.82) is 0 Å². The summed E-state index contributed by atoms with van der Waals surface area (Å²) in [5.41, 5.74) is 8.45. The Morgan fingerprint density at radius 3 is 2.81 bits per heavy atom. The molecule has 0 fully saturated rings. The second-order valence-corrected chi connectivity index (χ2v) is 4.64. The Bertz CT molecular complexity index is 456. The SMILES string of the molecule is NC(Cc1cccnc1)c1cccc(Br)c1. The lowest BCUT2D eigenvalue weighted by Gasteiger charge is -2.12. The monoisotopic (exact) mass is 276 g/mol. The molecule has 1 unspecified atom stereocenters. The molecule has 0 amide bonds. The average molecular weight is 277 g/mol. The van der Waals surface area contributed by atoms with Gasteiger partial charge in [0, 0.05) is 22.9 Å². The van der Waals surface area contributed by atoms with Crippen molar-refractivity contribution in [2.24, 2.45) is 5.73 Å². The van der Waals surface area contributed by atoms with Gasteiger partial charge in [0.1, 0.15) is 0 Å². The van der Waals surface area contributed by atoms with Crippen LogP contribution in [0.25, 0.3) is 0 Å². The standard InChI is InChI=1S/C13H13BrN2/c14-12-5-1-4-11(8-12)13(15)7-10-3-2-6-16-9-10/h1-6,8-9,13H,7,15H2. The molecule has 1 heterocycles. The number of hydrogen-bond donors (Lipinski definition) is 1. The number of benzene rings is 1. The Morgan fingerprint density at radius 1 is 1.25 bits per heavy atom. The molecular weight excluding hydrogens is 264 g/mol. The van der Waals surface area contributed by atoms with Crippen LogP contribution in [-0.2, 0) is 6.42 Å². The van der Waals surface area contributed by atoms with Crippen molar-refractivity contribution in [3.05, 3.63) is 64.4 Å². The molecule has 0 spiro atoms. The summed E-state index contributed by atoms with van der Waals surface area (Å²) in [6.45, 7) is 0. The van der Waals surface area contributed by atoms with E-state index in [-0.39, 0.29) is 6.04 Å². The van der Waals surface area contributed by atoms with Gasteiger partial charge in [-0.3, -0.25) is 4.98 Å². The van der Waals surface area contributed by atoms with Gasteiger partial charge in [-0.05, 0) is 35.7 Å². The largest absolute Gasteiger partial charge is 0.324 e. The normalized spacial score (nSPS) is 12.4. The minimum absolute atomic E-state index is 0.0155. The first-order valence-corrected chi connectivity index (χ1v) is 5.95. The van der Waals surface area contributed by atoms with Crippen LogP contribution < -0.4 is 5.73 Å². The smallest absolute Gasteiger partial charge is 0.0336 e. The molecule has 2 aromatic rings. The second-order valence-electron chi connectivity index (χ2n) is 3.73. The summed E-state index contributed by atoms with van der Waals surface area (Å²) >= 11 is 3.45. The van der Waals surface area contributed by atoms with E-state index in [9.17, 15) is 0 Å². The summed E-state index contributed by atoms with van der Waals surface area (Å²) in [5.74, 6) is 0. The van der Waals surface area contributed by atoms with E-state index in [0.29, 0.717) is 0 Å². The van der Waals surface area contributed by atoms with Gasteiger partial charge in [-0.1, -0.05) is 34.1 Å². The molecule has 0 radical (unpaired) electrons. The summed E-state index contributed by atoms with van der Waals surface area (Å²) in [6.07, 6.45) is 4.44. The zero-order chi connectivity index (χ0) is 11.4. The third-order valence-electron chi connectivity index (χ3n) is 2.46. The summed E-state index contributed by atoms with van der Waals surface area (Å²) < 4.78 is 1.06. The highest BCUT2D eigenvalue weighted by Crippen LogP contribution is 2.19. The highest BCUT2D eigenvalue weighted by molar-refractivity contribution is 9.10. The Hall–Kier alpha value is -1.19. The quantitative estimate of drug-likeness (QED) is 0.936. The highest BCUT2D eigenvalue weighted by Gasteiger charge is 2.07. The third-order valence-corrected chi connectivity index (χ3v) is 2.95. The zero-order valence-corrected chi connectivity index (χ0v) is 10.4. The van der Waals surface area contributed by atoms with Gasteiger partial charge in [0.15, 0.2) is 0 Å². The van der Waals surface area contributed by atoms with E-state index in [4.69, 9.17) is 5.73 Å². The molecule has 2 nitrogen and oxygen atoms in total. The van der Waals surface area contributed by atoms with Crippen LogP contribution in [0.4, 0.5) is 0 Å². The molecule has 16 heavy (non-hydrogen) atoms.